The number of carboxylic acids is 1. The second kappa shape index (κ2) is 4.39. The molecular weight excluding hydrogens is 230 g/mol. The summed E-state index contributed by atoms with van der Waals surface area (Å²) < 4.78 is 1.69. The summed E-state index contributed by atoms with van der Waals surface area (Å²) in [4.78, 5) is 11.5. The maximum Gasteiger partial charge on any atom is 0.325 e. The molecule has 0 amide bonds. The third-order valence-corrected chi connectivity index (χ3v) is 3.11. The lowest BCUT2D eigenvalue weighted by Gasteiger charge is -2.21. The Balaban J connectivity index is 2.36. The van der Waals surface area contributed by atoms with Crippen molar-refractivity contribution in [3.8, 4) is 0 Å². The Hall–Kier alpha value is -1.36. The van der Waals surface area contributed by atoms with Crippen molar-refractivity contribution in [3.05, 3.63) is 17.5 Å². The average molecular weight is 251 g/mol. The van der Waals surface area contributed by atoms with Crippen LogP contribution in [0.2, 0.25) is 0 Å². The molecule has 1 aliphatic rings. The quantitative estimate of drug-likeness (QED) is 0.853. The lowest BCUT2D eigenvalue weighted by molar-refractivity contribution is -0.139. The number of aromatic nitrogens is 2. The summed E-state index contributed by atoms with van der Waals surface area (Å²) in [5, 5.41) is 17.0. The zero-order chi connectivity index (χ0) is 13.5. The predicted octanol–water partition coefficient (Wildman–Crippen LogP) is 1.60. The van der Waals surface area contributed by atoms with E-state index in [1.165, 1.54) is 0 Å². The molecule has 100 valence electrons. The molecular formula is C13H21N3O2. The number of aryl methyl sites for hydroxylation is 1. The molecule has 0 bridgehead atoms. The van der Waals surface area contributed by atoms with Gasteiger partial charge < -0.3 is 5.11 Å². The van der Waals surface area contributed by atoms with Crippen molar-refractivity contribution in [1.82, 2.24) is 15.1 Å². The highest BCUT2D eigenvalue weighted by molar-refractivity contribution is 5.76. The minimum atomic E-state index is -0.833. The van der Waals surface area contributed by atoms with E-state index in [0.29, 0.717) is 6.04 Å². The van der Waals surface area contributed by atoms with Crippen LogP contribution in [0.3, 0.4) is 0 Å². The zero-order valence-corrected chi connectivity index (χ0v) is 11.4. The van der Waals surface area contributed by atoms with Gasteiger partial charge in [-0.15, -0.1) is 0 Å². The molecule has 1 fully saturated rings. The lowest BCUT2D eigenvalue weighted by atomic mass is 9.87. The number of carbonyl (C=O) groups is 1. The number of nitrogens with one attached hydrogen (secondary N) is 1. The average Bonchev–Trinajstić information content (AvgIpc) is 2.95. The van der Waals surface area contributed by atoms with Crippen LogP contribution in [0.15, 0.2) is 6.20 Å². The SMILES string of the molecule is Cn1cc(C(NC2CC2)C(=O)O)c(C(C)(C)C)n1. The fourth-order valence-electron chi connectivity index (χ4n) is 2.08. The van der Waals surface area contributed by atoms with Crippen molar-refractivity contribution in [2.75, 3.05) is 0 Å². The van der Waals surface area contributed by atoms with Crippen molar-refractivity contribution in [1.29, 1.82) is 0 Å². The van der Waals surface area contributed by atoms with E-state index in [1.807, 2.05) is 13.2 Å². The molecule has 1 aromatic rings. The van der Waals surface area contributed by atoms with Crippen LogP contribution in [0, 0.1) is 0 Å². The van der Waals surface area contributed by atoms with Gasteiger partial charge in [-0.25, -0.2) is 0 Å². The summed E-state index contributed by atoms with van der Waals surface area (Å²) in [5.74, 6) is -0.833. The van der Waals surface area contributed by atoms with Crippen LogP contribution in [0.5, 0.6) is 0 Å². The van der Waals surface area contributed by atoms with E-state index < -0.39 is 12.0 Å². The first-order chi connectivity index (χ1) is 8.29. The number of carboxylic acid groups (broad SMARTS) is 1. The maximum absolute atomic E-state index is 11.5. The van der Waals surface area contributed by atoms with Gasteiger partial charge >= 0.3 is 5.97 Å². The third-order valence-electron chi connectivity index (χ3n) is 3.11. The molecule has 0 spiro atoms. The molecule has 1 unspecified atom stereocenters. The number of hydrogen-bond donors (Lipinski definition) is 2. The van der Waals surface area contributed by atoms with Gasteiger partial charge in [0.15, 0.2) is 0 Å². The summed E-state index contributed by atoms with van der Waals surface area (Å²) in [5.41, 5.74) is 1.48. The fourth-order valence-corrected chi connectivity index (χ4v) is 2.08. The summed E-state index contributed by atoms with van der Waals surface area (Å²) in [6.07, 6.45) is 3.94. The Morgan fingerprint density at radius 2 is 2.17 bits per heavy atom. The van der Waals surface area contributed by atoms with Gasteiger partial charge in [0, 0.05) is 30.3 Å². The second-order valence-corrected chi connectivity index (χ2v) is 6.07. The number of aliphatic carboxylic acids is 1. The van der Waals surface area contributed by atoms with Gasteiger partial charge in [-0.2, -0.15) is 5.10 Å². The van der Waals surface area contributed by atoms with Crippen LogP contribution in [0.1, 0.15) is 50.9 Å². The Morgan fingerprint density at radius 3 is 2.61 bits per heavy atom. The van der Waals surface area contributed by atoms with E-state index in [-0.39, 0.29) is 5.41 Å². The molecule has 5 nitrogen and oxygen atoms in total. The van der Waals surface area contributed by atoms with Crippen LogP contribution in [-0.2, 0) is 17.3 Å². The predicted molar refractivity (Wildman–Crippen MR) is 68.4 cm³/mol. The van der Waals surface area contributed by atoms with E-state index in [9.17, 15) is 9.90 Å². The molecule has 5 heteroatoms. The monoisotopic (exact) mass is 251 g/mol. The van der Waals surface area contributed by atoms with Gasteiger partial charge in [-0.1, -0.05) is 20.8 Å². The lowest BCUT2D eigenvalue weighted by Crippen LogP contribution is -2.32. The smallest absolute Gasteiger partial charge is 0.325 e. The normalized spacial score (nSPS) is 17.8. The van der Waals surface area contributed by atoms with Crippen LogP contribution < -0.4 is 5.32 Å². The molecule has 2 rings (SSSR count). The molecule has 1 atom stereocenters. The van der Waals surface area contributed by atoms with Gasteiger partial charge in [-0.05, 0) is 12.8 Å². The molecule has 1 aromatic heterocycles. The molecule has 0 aromatic carbocycles. The van der Waals surface area contributed by atoms with Crippen LogP contribution in [0.25, 0.3) is 0 Å². The Morgan fingerprint density at radius 1 is 1.56 bits per heavy atom. The van der Waals surface area contributed by atoms with Gasteiger partial charge in [0.2, 0.25) is 0 Å². The standard InChI is InChI=1S/C13H21N3O2/c1-13(2,3)11-9(7-16(4)15-11)10(12(17)18)14-8-5-6-8/h7-8,10,14H,5-6H2,1-4H3,(H,17,18). The van der Waals surface area contributed by atoms with Gasteiger partial charge in [0.25, 0.3) is 0 Å². The zero-order valence-electron chi connectivity index (χ0n) is 11.4. The van der Waals surface area contributed by atoms with E-state index in [0.717, 1.165) is 24.1 Å². The topological polar surface area (TPSA) is 67.2 Å². The Kier molecular flexibility index (Phi) is 3.19. The first-order valence-electron chi connectivity index (χ1n) is 6.32. The number of nitrogens with zero attached hydrogens (tertiary/aromatic N) is 2. The Bertz CT molecular complexity index is 455. The van der Waals surface area contributed by atoms with Crippen molar-refractivity contribution in [2.24, 2.45) is 7.05 Å². The van der Waals surface area contributed by atoms with Crippen molar-refractivity contribution < 1.29 is 9.90 Å². The molecule has 1 aliphatic carbocycles. The summed E-state index contributed by atoms with van der Waals surface area (Å²) in [6, 6.07) is -0.306. The first kappa shape index (κ1) is 13.1. The molecule has 18 heavy (non-hydrogen) atoms. The van der Waals surface area contributed by atoms with Gasteiger partial charge in [-0.3, -0.25) is 14.8 Å². The van der Waals surface area contributed by atoms with Gasteiger partial charge in [0.05, 0.1) is 5.69 Å². The van der Waals surface area contributed by atoms with Crippen LogP contribution in [0.4, 0.5) is 0 Å². The summed E-state index contributed by atoms with van der Waals surface area (Å²) >= 11 is 0. The highest BCUT2D eigenvalue weighted by atomic mass is 16.4. The molecule has 1 heterocycles. The maximum atomic E-state index is 11.5. The largest absolute Gasteiger partial charge is 0.480 e. The Labute approximate surface area is 107 Å². The summed E-state index contributed by atoms with van der Waals surface area (Å²) in [7, 11) is 1.83. The van der Waals surface area contributed by atoms with E-state index in [4.69, 9.17) is 0 Å². The molecule has 0 aliphatic heterocycles. The van der Waals surface area contributed by atoms with E-state index in [1.54, 1.807) is 4.68 Å². The van der Waals surface area contributed by atoms with Crippen molar-refractivity contribution in [2.45, 2.75) is 51.1 Å². The highest BCUT2D eigenvalue weighted by Crippen LogP contribution is 2.31. The molecule has 0 saturated heterocycles. The van der Waals surface area contributed by atoms with Crippen LogP contribution >= 0.6 is 0 Å². The fraction of sp³-hybridized carbons (Fsp3) is 0.692. The minimum absolute atomic E-state index is 0.157. The van der Waals surface area contributed by atoms with E-state index in [2.05, 4.69) is 31.2 Å². The third kappa shape index (κ3) is 2.72. The van der Waals surface area contributed by atoms with Crippen LogP contribution in [-0.4, -0.2) is 26.9 Å². The second-order valence-electron chi connectivity index (χ2n) is 6.07. The van der Waals surface area contributed by atoms with Crippen molar-refractivity contribution in [3.63, 3.8) is 0 Å². The first-order valence-corrected chi connectivity index (χ1v) is 6.32. The highest BCUT2D eigenvalue weighted by Gasteiger charge is 2.34. The van der Waals surface area contributed by atoms with Crippen molar-refractivity contribution >= 4 is 5.97 Å². The number of rotatable bonds is 4. The molecule has 1 saturated carbocycles. The molecule has 2 N–H and O–H groups in total. The molecule has 0 radical (unpaired) electrons. The minimum Gasteiger partial charge on any atom is -0.480 e. The van der Waals surface area contributed by atoms with Gasteiger partial charge in [0.1, 0.15) is 6.04 Å². The number of hydrogen-bond acceptors (Lipinski definition) is 3. The van der Waals surface area contributed by atoms with E-state index >= 15 is 0 Å². The summed E-state index contributed by atoms with van der Waals surface area (Å²) in [6.45, 7) is 6.15.